The van der Waals surface area contributed by atoms with Gasteiger partial charge in [0.05, 0.1) is 10.5 Å². The predicted molar refractivity (Wildman–Crippen MR) is 71.6 cm³/mol. The standard InChI is InChI=1S/C13H8F3N3O2S/c14-13(15,16)9-6-7-11-12(8-9)19(18-17-11)22(20,21)10-4-2-1-3-5-10/h1-8H. The lowest BCUT2D eigenvalue weighted by atomic mass is 10.2. The van der Waals surface area contributed by atoms with Crippen molar-refractivity contribution < 1.29 is 21.6 Å². The number of nitrogens with zero attached hydrogens (tertiary/aromatic N) is 3. The van der Waals surface area contributed by atoms with Gasteiger partial charge in [-0.3, -0.25) is 0 Å². The van der Waals surface area contributed by atoms with Crippen LogP contribution >= 0.6 is 0 Å². The minimum atomic E-state index is -4.58. The molecule has 9 heteroatoms. The first kappa shape index (κ1) is 14.5. The first-order chi connectivity index (χ1) is 10.3. The maximum Gasteiger partial charge on any atom is 0.416 e. The third-order valence-corrected chi connectivity index (χ3v) is 4.60. The van der Waals surface area contributed by atoms with E-state index in [2.05, 4.69) is 10.3 Å². The van der Waals surface area contributed by atoms with Gasteiger partial charge in [0, 0.05) is 0 Å². The van der Waals surface area contributed by atoms with Crippen molar-refractivity contribution in [2.24, 2.45) is 0 Å². The van der Waals surface area contributed by atoms with E-state index in [1.165, 1.54) is 24.3 Å². The Bertz CT molecular complexity index is 934. The van der Waals surface area contributed by atoms with Crippen LogP contribution < -0.4 is 0 Å². The zero-order valence-corrected chi connectivity index (χ0v) is 11.6. The number of rotatable bonds is 2. The van der Waals surface area contributed by atoms with Crippen molar-refractivity contribution in [1.82, 2.24) is 14.4 Å². The quantitative estimate of drug-likeness (QED) is 0.726. The number of fused-ring (bicyclic) bond motifs is 1. The van der Waals surface area contributed by atoms with E-state index in [1.807, 2.05) is 0 Å². The van der Waals surface area contributed by atoms with Crippen molar-refractivity contribution in [1.29, 1.82) is 0 Å². The molecule has 0 spiro atoms. The van der Waals surface area contributed by atoms with E-state index in [0.29, 0.717) is 4.09 Å². The van der Waals surface area contributed by atoms with Crippen LogP contribution in [0.4, 0.5) is 13.2 Å². The highest BCUT2D eigenvalue weighted by Gasteiger charge is 2.32. The van der Waals surface area contributed by atoms with Gasteiger partial charge in [-0.1, -0.05) is 23.4 Å². The topological polar surface area (TPSA) is 64.8 Å². The molecular formula is C13H8F3N3O2S. The lowest BCUT2D eigenvalue weighted by molar-refractivity contribution is -0.137. The minimum Gasteiger partial charge on any atom is -0.199 e. The molecule has 0 bridgehead atoms. The zero-order valence-electron chi connectivity index (χ0n) is 10.8. The van der Waals surface area contributed by atoms with Crippen molar-refractivity contribution in [3.05, 3.63) is 54.1 Å². The van der Waals surface area contributed by atoms with Crippen molar-refractivity contribution in [2.75, 3.05) is 0 Å². The molecule has 22 heavy (non-hydrogen) atoms. The molecule has 0 aliphatic carbocycles. The van der Waals surface area contributed by atoms with Crippen molar-refractivity contribution >= 4 is 21.1 Å². The zero-order chi connectivity index (χ0) is 16.0. The van der Waals surface area contributed by atoms with E-state index in [1.54, 1.807) is 6.07 Å². The van der Waals surface area contributed by atoms with E-state index in [-0.39, 0.29) is 15.9 Å². The maximum absolute atomic E-state index is 12.8. The molecule has 0 unspecified atom stereocenters. The van der Waals surface area contributed by atoms with Crippen molar-refractivity contribution in [2.45, 2.75) is 11.1 Å². The van der Waals surface area contributed by atoms with Crippen LogP contribution in [-0.4, -0.2) is 22.8 Å². The van der Waals surface area contributed by atoms with Crippen LogP contribution in [0.5, 0.6) is 0 Å². The molecule has 0 saturated carbocycles. The predicted octanol–water partition coefficient (Wildman–Crippen LogP) is 2.69. The molecule has 0 radical (unpaired) electrons. The molecule has 5 nitrogen and oxygen atoms in total. The van der Waals surface area contributed by atoms with E-state index in [4.69, 9.17) is 0 Å². The number of aromatic nitrogens is 3. The number of alkyl halides is 3. The van der Waals surface area contributed by atoms with Gasteiger partial charge in [-0.25, -0.2) is 0 Å². The minimum absolute atomic E-state index is 0.0625. The van der Waals surface area contributed by atoms with Gasteiger partial charge in [-0.2, -0.15) is 21.6 Å². The summed E-state index contributed by atoms with van der Waals surface area (Å²) in [5, 5.41) is 7.08. The molecule has 114 valence electrons. The highest BCUT2D eigenvalue weighted by Crippen LogP contribution is 2.31. The summed E-state index contributed by atoms with van der Waals surface area (Å²) >= 11 is 0. The normalized spacial score (nSPS) is 12.7. The summed E-state index contributed by atoms with van der Waals surface area (Å²) in [5.41, 5.74) is -1.13. The molecule has 0 fully saturated rings. The summed E-state index contributed by atoms with van der Waals surface area (Å²) in [4.78, 5) is -0.0841. The van der Waals surface area contributed by atoms with E-state index >= 15 is 0 Å². The number of hydrogen-bond acceptors (Lipinski definition) is 4. The third-order valence-electron chi connectivity index (χ3n) is 3.01. The average Bonchev–Trinajstić information content (AvgIpc) is 2.91. The van der Waals surface area contributed by atoms with Gasteiger partial charge >= 0.3 is 6.18 Å². The Hall–Kier alpha value is -2.42. The summed E-state index contributed by atoms with van der Waals surface area (Å²) in [6, 6.07) is 9.93. The van der Waals surface area contributed by atoms with Crippen LogP contribution in [-0.2, 0) is 16.2 Å². The molecule has 0 atom stereocenters. The number of hydrogen-bond donors (Lipinski definition) is 0. The first-order valence-corrected chi connectivity index (χ1v) is 7.47. The van der Waals surface area contributed by atoms with Crippen molar-refractivity contribution in [3.8, 4) is 0 Å². The van der Waals surface area contributed by atoms with Gasteiger partial charge in [0.1, 0.15) is 11.0 Å². The van der Waals surface area contributed by atoms with E-state index < -0.39 is 21.8 Å². The summed E-state index contributed by atoms with van der Waals surface area (Å²) in [6.07, 6.45) is -4.58. The Labute approximate surface area is 123 Å². The monoisotopic (exact) mass is 327 g/mol. The number of halogens is 3. The second-order valence-electron chi connectivity index (χ2n) is 4.45. The van der Waals surface area contributed by atoms with Gasteiger partial charge in [0.15, 0.2) is 0 Å². The van der Waals surface area contributed by atoms with Gasteiger partial charge in [0.2, 0.25) is 0 Å². The summed E-state index contributed by atoms with van der Waals surface area (Å²) < 4.78 is 63.7. The largest absolute Gasteiger partial charge is 0.416 e. The van der Waals surface area contributed by atoms with Gasteiger partial charge in [0.25, 0.3) is 10.0 Å². The molecule has 1 aromatic heterocycles. The van der Waals surface area contributed by atoms with Crippen LogP contribution in [0.25, 0.3) is 11.0 Å². The van der Waals surface area contributed by atoms with Crippen LogP contribution in [0.2, 0.25) is 0 Å². The Kier molecular flexibility index (Phi) is 3.17. The molecule has 3 aromatic rings. The molecule has 0 aliphatic heterocycles. The van der Waals surface area contributed by atoms with Gasteiger partial charge in [-0.05, 0) is 30.3 Å². The molecule has 0 aliphatic rings. The van der Waals surface area contributed by atoms with Crippen LogP contribution in [0, 0.1) is 0 Å². The fourth-order valence-electron chi connectivity index (χ4n) is 1.94. The van der Waals surface area contributed by atoms with Crippen molar-refractivity contribution in [3.63, 3.8) is 0 Å². The molecule has 0 N–H and O–H groups in total. The third kappa shape index (κ3) is 2.33. The fraction of sp³-hybridized carbons (Fsp3) is 0.0769. The summed E-state index contributed by atoms with van der Waals surface area (Å²) in [6.45, 7) is 0. The molecular weight excluding hydrogens is 319 g/mol. The SMILES string of the molecule is O=S(=O)(c1ccccc1)n1nnc2ccc(C(F)(F)F)cc21. The summed E-state index contributed by atoms with van der Waals surface area (Å²) in [7, 11) is -4.11. The lowest BCUT2D eigenvalue weighted by Gasteiger charge is -2.07. The van der Waals surface area contributed by atoms with E-state index in [0.717, 1.165) is 18.2 Å². The second kappa shape index (κ2) is 4.80. The highest BCUT2D eigenvalue weighted by molar-refractivity contribution is 7.90. The van der Waals surface area contributed by atoms with Crippen LogP contribution in [0.15, 0.2) is 53.4 Å². The molecule has 2 aromatic carbocycles. The van der Waals surface area contributed by atoms with E-state index in [9.17, 15) is 21.6 Å². The molecule has 0 saturated heterocycles. The molecule has 3 rings (SSSR count). The summed E-state index contributed by atoms with van der Waals surface area (Å²) in [5.74, 6) is 0. The Morgan fingerprint density at radius 2 is 1.68 bits per heavy atom. The lowest BCUT2D eigenvalue weighted by Crippen LogP contribution is -2.15. The van der Waals surface area contributed by atoms with Gasteiger partial charge < -0.3 is 0 Å². The first-order valence-electron chi connectivity index (χ1n) is 6.03. The smallest absolute Gasteiger partial charge is 0.199 e. The number of benzene rings is 2. The van der Waals surface area contributed by atoms with Gasteiger partial charge in [-0.15, -0.1) is 9.19 Å². The molecule has 0 amide bonds. The highest BCUT2D eigenvalue weighted by atomic mass is 32.2. The Balaban J connectivity index is 2.24. The Morgan fingerprint density at radius 3 is 2.32 bits per heavy atom. The second-order valence-corrected chi connectivity index (χ2v) is 6.22. The molecule has 1 heterocycles. The average molecular weight is 327 g/mol. The van der Waals surface area contributed by atoms with Crippen LogP contribution in [0.3, 0.4) is 0 Å². The maximum atomic E-state index is 12.8. The Morgan fingerprint density at radius 1 is 1.00 bits per heavy atom. The van der Waals surface area contributed by atoms with Crippen LogP contribution in [0.1, 0.15) is 5.56 Å². The fourth-order valence-corrected chi connectivity index (χ4v) is 3.18.